The summed E-state index contributed by atoms with van der Waals surface area (Å²) in [4.78, 5) is 0. The molecule has 1 aromatic rings. The minimum absolute atomic E-state index is 0.329. The van der Waals surface area contributed by atoms with E-state index in [2.05, 4.69) is 22.0 Å². The molecule has 0 amide bonds. The second-order valence-electron chi connectivity index (χ2n) is 6.09. The van der Waals surface area contributed by atoms with E-state index in [0.29, 0.717) is 24.8 Å². The first kappa shape index (κ1) is 13.1. The second kappa shape index (κ2) is 6.06. The largest absolute Gasteiger partial charge is 0.372 e. The lowest BCUT2D eigenvalue weighted by atomic mass is 9.94. The standard InChI is InChI=1S/C15H25N3O/c16-12-4-3-7-15(10-12)19-11-13-8-9-18(17-13)14-5-1-2-6-14/h8-9,12,14-15H,1-7,10-11,16H2. The second-order valence-corrected chi connectivity index (χ2v) is 6.09. The van der Waals surface area contributed by atoms with Gasteiger partial charge < -0.3 is 10.5 Å². The number of nitrogens with zero attached hydrogens (tertiary/aromatic N) is 2. The van der Waals surface area contributed by atoms with Crippen molar-refractivity contribution in [2.24, 2.45) is 5.73 Å². The van der Waals surface area contributed by atoms with Crippen LogP contribution in [-0.4, -0.2) is 21.9 Å². The third-order valence-corrected chi connectivity index (χ3v) is 4.50. The van der Waals surface area contributed by atoms with Gasteiger partial charge in [0.2, 0.25) is 0 Å². The van der Waals surface area contributed by atoms with Gasteiger partial charge in [-0.05, 0) is 44.6 Å². The van der Waals surface area contributed by atoms with Crippen molar-refractivity contribution in [2.75, 3.05) is 0 Å². The van der Waals surface area contributed by atoms with Crippen LogP contribution < -0.4 is 5.73 Å². The van der Waals surface area contributed by atoms with Gasteiger partial charge in [-0.2, -0.15) is 5.10 Å². The third kappa shape index (κ3) is 3.37. The van der Waals surface area contributed by atoms with E-state index in [0.717, 1.165) is 25.0 Å². The molecule has 2 aliphatic carbocycles. The summed E-state index contributed by atoms with van der Waals surface area (Å²) in [5, 5.41) is 4.66. The maximum absolute atomic E-state index is 5.98. The molecule has 1 aromatic heterocycles. The van der Waals surface area contributed by atoms with E-state index in [-0.39, 0.29) is 0 Å². The Kier molecular flexibility index (Phi) is 4.18. The molecule has 4 nitrogen and oxygen atoms in total. The van der Waals surface area contributed by atoms with Crippen molar-refractivity contribution >= 4 is 0 Å². The van der Waals surface area contributed by atoms with E-state index in [1.54, 1.807) is 0 Å². The van der Waals surface area contributed by atoms with Gasteiger partial charge in [0, 0.05) is 12.2 Å². The van der Waals surface area contributed by atoms with Gasteiger partial charge in [0.1, 0.15) is 0 Å². The van der Waals surface area contributed by atoms with Gasteiger partial charge in [-0.25, -0.2) is 0 Å². The first-order valence-corrected chi connectivity index (χ1v) is 7.72. The lowest BCUT2D eigenvalue weighted by Gasteiger charge is -2.26. The van der Waals surface area contributed by atoms with Crippen LogP contribution in [-0.2, 0) is 11.3 Å². The van der Waals surface area contributed by atoms with Crippen molar-refractivity contribution < 1.29 is 4.74 Å². The number of hydrogen-bond donors (Lipinski definition) is 1. The fraction of sp³-hybridized carbons (Fsp3) is 0.800. The molecule has 0 spiro atoms. The van der Waals surface area contributed by atoms with E-state index in [1.165, 1.54) is 32.1 Å². The lowest BCUT2D eigenvalue weighted by Crippen LogP contribution is -2.32. The SMILES string of the molecule is NC1CCCC(OCc2ccn(C3CCCC3)n2)C1. The molecule has 2 fully saturated rings. The van der Waals surface area contributed by atoms with E-state index in [4.69, 9.17) is 10.5 Å². The molecular weight excluding hydrogens is 238 g/mol. The molecule has 2 N–H and O–H groups in total. The van der Waals surface area contributed by atoms with Crippen LogP contribution in [0.5, 0.6) is 0 Å². The summed E-state index contributed by atoms with van der Waals surface area (Å²) >= 11 is 0. The quantitative estimate of drug-likeness (QED) is 0.908. The molecule has 2 atom stereocenters. The topological polar surface area (TPSA) is 53.1 Å². The van der Waals surface area contributed by atoms with Gasteiger partial charge in [-0.3, -0.25) is 4.68 Å². The molecule has 106 valence electrons. The maximum Gasteiger partial charge on any atom is 0.0910 e. The Morgan fingerprint density at radius 1 is 1.21 bits per heavy atom. The summed E-state index contributed by atoms with van der Waals surface area (Å²) < 4.78 is 8.10. The van der Waals surface area contributed by atoms with Crippen LogP contribution in [0, 0.1) is 0 Å². The fourth-order valence-corrected chi connectivity index (χ4v) is 3.36. The van der Waals surface area contributed by atoms with Crippen molar-refractivity contribution in [1.29, 1.82) is 0 Å². The molecule has 19 heavy (non-hydrogen) atoms. The molecule has 0 bridgehead atoms. The van der Waals surface area contributed by atoms with E-state index in [9.17, 15) is 0 Å². The highest BCUT2D eigenvalue weighted by Crippen LogP contribution is 2.29. The minimum Gasteiger partial charge on any atom is -0.372 e. The highest BCUT2D eigenvalue weighted by molar-refractivity contribution is 4.99. The zero-order chi connectivity index (χ0) is 13.1. The zero-order valence-electron chi connectivity index (χ0n) is 11.6. The molecule has 2 unspecified atom stereocenters. The summed E-state index contributed by atoms with van der Waals surface area (Å²) in [5.41, 5.74) is 7.04. The fourth-order valence-electron chi connectivity index (χ4n) is 3.36. The third-order valence-electron chi connectivity index (χ3n) is 4.50. The van der Waals surface area contributed by atoms with E-state index >= 15 is 0 Å². The van der Waals surface area contributed by atoms with Crippen LogP contribution in [0.3, 0.4) is 0 Å². The van der Waals surface area contributed by atoms with Crippen LogP contribution in [0.15, 0.2) is 12.3 Å². The van der Waals surface area contributed by atoms with E-state index in [1.807, 2.05) is 0 Å². The molecule has 0 aromatic carbocycles. The van der Waals surface area contributed by atoms with Crippen molar-refractivity contribution in [1.82, 2.24) is 9.78 Å². The van der Waals surface area contributed by atoms with Crippen LogP contribution in [0.25, 0.3) is 0 Å². The highest BCUT2D eigenvalue weighted by atomic mass is 16.5. The molecule has 0 radical (unpaired) electrons. The van der Waals surface area contributed by atoms with Crippen molar-refractivity contribution in [2.45, 2.75) is 76.2 Å². The normalized spacial score (nSPS) is 28.9. The summed E-state index contributed by atoms with van der Waals surface area (Å²) in [6.07, 6.45) is 12.2. The molecule has 2 saturated carbocycles. The van der Waals surface area contributed by atoms with E-state index < -0.39 is 0 Å². The smallest absolute Gasteiger partial charge is 0.0910 e. The molecule has 3 rings (SSSR count). The average Bonchev–Trinajstić information content (AvgIpc) is 3.07. The average molecular weight is 263 g/mol. The van der Waals surface area contributed by atoms with Crippen molar-refractivity contribution in [3.63, 3.8) is 0 Å². The first-order chi connectivity index (χ1) is 9.31. The van der Waals surface area contributed by atoms with Crippen LogP contribution in [0.4, 0.5) is 0 Å². The van der Waals surface area contributed by atoms with Gasteiger partial charge in [0.25, 0.3) is 0 Å². The minimum atomic E-state index is 0.329. The molecule has 0 saturated heterocycles. The summed E-state index contributed by atoms with van der Waals surface area (Å²) in [6.45, 7) is 0.636. The van der Waals surface area contributed by atoms with Crippen molar-refractivity contribution in [3.05, 3.63) is 18.0 Å². The number of rotatable bonds is 4. The highest BCUT2D eigenvalue weighted by Gasteiger charge is 2.21. The van der Waals surface area contributed by atoms with Crippen LogP contribution in [0.1, 0.15) is 63.1 Å². The maximum atomic E-state index is 5.98. The van der Waals surface area contributed by atoms with Gasteiger partial charge in [-0.15, -0.1) is 0 Å². The zero-order valence-corrected chi connectivity index (χ0v) is 11.6. The number of aromatic nitrogens is 2. The van der Waals surface area contributed by atoms with Gasteiger partial charge in [0.05, 0.1) is 24.4 Å². The predicted molar refractivity (Wildman–Crippen MR) is 74.8 cm³/mol. The Morgan fingerprint density at radius 2 is 2.05 bits per heavy atom. The molecule has 0 aliphatic heterocycles. The Labute approximate surface area is 115 Å². The Bertz CT molecular complexity index is 398. The number of ether oxygens (including phenoxy) is 1. The van der Waals surface area contributed by atoms with Crippen LogP contribution >= 0.6 is 0 Å². The van der Waals surface area contributed by atoms with Gasteiger partial charge in [0.15, 0.2) is 0 Å². The molecule has 1 heterocycles. The lowest BCUT2D eigenvalue weighted by molar-refractivity contribution is 0.0104. The van der Waals surface area contributed by atoms with Crippen molar-refractivity contribution in [3.8, 4) is 0 Å². The van der Waals surface area contributed by atoms with Gasteiger partial charge in [-0.1, -0.05) is 12.8 Å². The Balaban J connectivity index is 1.49. The first-order valence-electron chi connectivity index (χ1n) is 7.72. The predicted octanol–water partition coefficient (Wildman–Crippen LogP) is 2.78. The summed E-state index contributed by atoms with van der Waals surface area (Å²) in [5.74, 6) is 0. The van der Waals surface area contributed by atoms with Gasteiger partial charge >= 0.3 is 0 Å². The summed E-state index contributed by atoms with van der Waals surface area (Å²) in [6, 6.07) is 3.05. The number of nitrogens with two attached hydrogens (primary N) is 1. The molecular formula is C15H25N3O. The van der Waals surface area contributed by atoms with Crippen LogP contribution in [0.2, 0.25) is 0 Å². The Morgan fingerprint density at radius 3 is 2.84 bits per heavy atom. The molecule has 2 aliphatic rings. The Hall–Kier alpha value is -0.870. The monoisotopic (exact) mass is 263 g/mol. The number of hydrogen-bond acceptors (Lipinski definition) is 3. The molecule has 4 heteroatoms. The summed E-state index contributed by atoms with van der Waals surface area (Å²) in [7, 11) is 0.